The summed E-state index contributed by atoms with van der Waals surface area (Å²) in [7, 11) is 0. The van der Waals surface area contributed by atoms with Crippen molar-refractivity contribution < 1.29 is 10.2 Å². The minimum absolute atomic E-state index is 0.0503. The first-order valence-corrected chi connectivity index (χ1v) is 11.9. The second-order valence-corrected chi connectivity index (χ2v) is 8.76. The lowest BCUT2D eigenvalue weighted by Crippen LogP contribution is -1.80. The number of nitrogens with zero attached hydrogens (tertiary/aromatic N) is 6. The average molecular weight is 501 g/mol. The van der Waals surface area contributed by atoms with E-state index in [0.29, 0.717) is 33.8 Å². The average Bonchev–Trinajstić information content (AvgIpc) is 2.93. The van der Waals surface area contributed by atoms with Crippen LogP contribution in [0, 0.1) is 13.8 Å². The number of azo groups is 3. The second kappa shape index (κ2) is 10.8. The van der Waals surface area contributed by atoms with E-state index in [-0.39, 0.29) is 11.5 Å². The molecule has 0 saturated heterocycles. The van der Waals surface area contributed by atoms with Gasteiger partial charge >= 0.3 is 0 Å². The van der Waals surface area contributed by atoms with Gasteiger partial charge in [0.2, 0.25) is 0 Å². The number of hydrogen-bond acceptors (Lipinski definition) is 8. The molecule has 5 rings (SSSR count). The molecule has 0 radical (unpaired) electrons. The zero-order valence-electron chi connectivity index (χ0n) is 20.8. The first kappa shape index (κ1) is 24.5. The topological polar surface area (TPSA) is 115 Å². The SMILES string of the molecule is Cc1ccc(N=Nc2ccc(N=Nc3c(C)cc4cc(N=Nc5ccc(O)cc5)ccc4c3O)cc2)cc1. The van der Waals surface area contributed by atoms with Crippen LogP contribution in [0.3, 0.4) is 0 Å². The number of aromatic hydroxyl groups is 2. The highest BCUT2D eigenvalue weighted by Gasteiger charge is 2.11. The van der Waals surface area contributed by atoms with Crippen molar-refractivity contribution >= 4 is 44.9 Å². The van der Waals surface area contributed by atoms with Gasteiger partial charge in [-0.15, -0.1) is 5.11 Å². The Morgan fingerprint density at radius 2 is 0.921 bits per heavy atom. The summed E-state index contributed by atoms with van der Waals surface area (Å²) in [5.41, 5.74) is 5.72. The Labute approximate surface area is 219 Å². The summed E-state index contributed by atoms with van der Waals surface area (Å²) < 4.78 is 0. The molecule has 0 heterocycles. The summed E-state index contributed by atoms with van der Waals surface area (Å²) in [6.07, 6.45) is 0. The highest BCUT2D eigenvalue weighted by molar-refractivity contribution is 5.95. The molecular weight excluding hydrogens is 476 g/mol. The third-order valence-corrected chi connectivity index (χ3v) is 5.82. The van der Waals surface area contributed by atoms with Crippen molar-refractivity contribution in [1.82, 2.24) is 0 Å². The van der Waals surface area contributed by atoms with Gasteiger partial charge in [-0.05, 0) is 110 Å². The van der Waals surface area contributed by atoms with Crippen molar-refractivity contribution in [3.05, 3.63) is 108 Å². The van der Waals surface area contributed by atoms with Crippen LogP contribution < -0.4 is 0 Å². The van der Waals surface area contributed by atoms with Crippen molar-refractivity contribution in [3.8, 4) is 11.5 Å². The number of fused-ring (bicyclic) bond motifs is 1. The van der Waals surface area contributed by atoms with Crippen LogP contribution in [-0.4, -0.2) is 10.2 Å². The maximum Gasteiger partial charge on any atom is 0.151 e. The molecule has 2 N–H and O–H groups in total. The van der Waals surface area contributed by atoms with E-state index in [1.165, 1.54) is 5.56 Å². The van der Waals surface area contributed by atoms with E-state index in [1.54, 1.807) is 48.5 Å². The Hall–Kier alpha value is -5.24. The molecule has 0 saturated carbocycles. The van der Waals surface area contributed by atoms with Gasteiger partial charge in [-0.1, -0.05) is 17.7 Å². The first-order valence-electron chi connectivity index (χ1n) is 11.9. The molecule has 0 aromatic heterocycles. The van der Waals surface area contributed by atoms with Gasteiger partial charge in [-0.25, -0.2) is 0 Å². The summed E-state index contributed by atoms with van der Waals surface area (Å²) in [6.45, 7) is 3.89. The van der Waals surface area contributed by atoms with Gasteiger partial charge in [0, 0.05) is 5.39 Å². The summed E-state index contributed by atoms with van der Waals surface area (Å²) in [5, 5.41) is 47.3. The standard InChI is InChI=1S/C30H24N6O2/c1-19-3-5-22(6-4-19)31-32-23-7-9-24(10-8-23)34-36-29-20(2)17-21-18-26(13-16-28(21)30(29)38)35-33-25-11-14-27(37)15-12-25/h3-18,37-38H,1-2H3. The van der Waals surface area contributed by atoms with E-state index < -0.39 is 0 Å². The van der Waals surface area contributed by atoms with Crippen LogP contribution in [0.25, 0.3) is 10.8 Å². The van der Waals surface area contributed by atoms with Gasteiger partial charge in [0.1, 0.15) is 11.4 Å². The highest BCUT2D eigenvalue weighted by Crippen LogP contribution is 2.40. The molecule has 0 aliphatic rings. The number of phenols is 2. The molecule has 0 fully saturated rings. The van der Waals surface area contributed by atoms with Crippen LogP contribution in [0.5, 0.6) is 11.5 Å². The molecule has 5 aromatic carbocycles. The van der Waals surface area contributed by atoms with E-state index in [1.807, 2.05) is 62.4 Å². The lowest BCUT2D eigenvalue weighted by Gasteiger charge is -2.08. The molecule has 38 heavy (non-hydrogen) atoms. The van der Waals surface area contributed by atoms with Crippen molar-refractivity contribution in [2.75, 3.05) is 0 Å². The number of benzene rings is 5. The predicted molar refractivity (Wildman–Crippen MR) is 149 cm³/mol. The smallest absolute Gasteiger partial charge is 0.151 e. The van der Waals surface area contributed by atoms with Crippen molar-refractivity contribution in [3.63, 3.8) is 0 Å². The fourth-order valence-electron chi connectivity index (χ4n) is 3.74. The normalized spacial score (nSPS) is 11.8. The van der Waals surface area contributed by atoms with E-state index >= 15 is 0 Å². The third-order valence-electron chi connectivity index (χ3n) is 5.82. The van der Waals surface area contributed by atoms with Gasteiger partial charge in [0.15, 0.2) is 5.75 Å². The fraction of sp³-hybridized carbons (Fsp3) is 0.0667. The van der Waals surface area contributed by atoms with Crippen LogP contribution in [0.15, 0.2) is 128 Å². The summed E-state index contributed by atoms with van der Waals surface area (Å²) in [5.74, 6) is 0.222. The van der Waals surface area contributed by atoms with Crippen LogP contribution >= 0.6 is 0 Å². The zero-order valence-corrected chi connectivity index (χ0v) is 20.8. The molecule has 0 atom stereocenters. The molecule has 0 bridgehead atoms. The Morgan fingerprint density at radius 1 is 0.474 bits per heavy atom. The maximum atomic E-state index is 10.9. The van der Waals surface area contributed by atoms with Gasteiger partial charge in [-0.3, -0.25) is 0 Å². The molecule has 0 amide bonds. The van der Waals surface area contributed by atoms with Gasteiger partial charge in [0.05, 0.1) is 28.4 Å². The maximum absolute atomic E-state index is 10.9. The van der Waals surface area contributed by atoms with Crippen molar-refractivity contribution in [2.24, 2.45) is 30.7 Å². The van der Waals surface area contributed by atoms with E-state index in [2.05, 4.69) is 30.7 Å². The third kappa shape index (κ3) is 5.76. The Kier molecular flexibility index (Phi) is 6.95. The largest absolute Gasteiger partial charge is 0.508 e. The van der Waals surface area contributed by atoms with Crippen molar-refractivity contribution in [2.45, 2.75) is 13.8 Å². The quantitative estimate of drug-likeness (QED) is 0.226. The first-order chi connectivity index (χ1) is 18.4. The summed E-state index contributed by atoms with van der Waals surface area (Å²) >= 11 is 0. The number of hydrogen-bond donors (Lipinski definition) is 2. The molecule has 8 heteroatoms. The Morgan fingerprint density at radius 3 is 1.50 bits per heavy atom. The van der Waals surface area contributed by atoms with Crippen molar-refractivity contribution in [1.29, 1.82) is 0 Å². The van der Waals surface area contributed by atoms with Gasteiger partial charge in [0.25, 0.3) is 0 Å². The van der Waals surface area contributed by atoms with Crippen LogP contribution in [0.1, 0.15) is 11.1 Å². The van der Waals surface area contributed by atoms with Gasteiger partial charge < -0.3 is 10.2 Å². The van der Waals surface area contributed by atoms with E-state index in [0.717, 1.165) is 16.6 Å². The molecule has 0 aliphatic carbocycles. The molecule has 8 nitrogen and oxygen atoms in total. The molecule has 5 aromatic rings. The predicted octanol–water partition coefficient (Wildman–Crippen LogP) is 10.1. The zero-order chi connectivity index (χ0) is 26.5. The van der Waals surface area contributed by atoms with Crippen LogP contribution in [0.4, 0.5) is 34.1 Å². The Balaban J connectivity index is 1.33. The lowest BCUT2D eigenvalue weighted by atomic mass is 10.0. The molecule has 0 unspecified atom stereocenters. The number of aryl methyl sites for hydroxylation is 2. The molecule has 0 spiro atoms. The summed E-state index contributed by atoms with van der Waals surface area (Å²) in [4.78, 5) is 0. The van der Waals surface area contributed by atoms with E-state index in [4.69, 9.17) is 0 Å². The van der Waals surface area contributed by atoms with Crippen LogP contribution in [-0.2, 0) is 0 Å². The minimum atomic E-state index is 0.0503. The number of rotatable bonds is 6. The van der Waals surface area contributed by atoms with E-state index in [9.17, 15) is 10.2 Å². The minimum Gasteiger partial charge on any atom is -0.508 e. The molecular formula is C30H24N6O2. The second-order valence-electron chi connectivity index (χ2n) is 8.76. The summed E-state index contributed by atoms with van der Waals surface area (Å²) in [6, 6.07) is 28.8. The Bertz CT molecular complexity index is 1670. The van der Waals surface area contributed by atoms with Crippen LogP contribution in [0.2, 0.25) is 0 Å². The number of phenolic OH excluding ortho intramolecular Hbond substituents is 2. The molecule has 186 valence electrons. The highest BCUT2D eigenvalue weighted by atomic mass is 16.3. The van der Waals surface area contributed by atoms with Gasteiger partial charge in [-0.2, -0.15) is 25.6 Å². The monoisotopic (exact) mass is 500 g/mol. The lowest BCUT2D eigenvalue weighted by molar-refractivity contribution is 0.475. The molecule has 0 aliphatic heterocycles. The fourth-order valence-corrected chi connectivity index (χ4v) is 3.74.